The number of alkyl halides is 2. The van der Waals surface area contributed by atoms with Crippen LogP contribution in [0, 0.1) is 0 Å². The van der Waals surface area contributed by atoms with Gasteiger partial charge in [-0.25, -0.2) is 8.42 Å². The van der Waals surface area contributed by atoms with E-state index in [0.29, 0.717) is 9.79 Å². The minimum Gasteiger partial charge on any atom is -0.369 e. The van der Waals surface area contributed by atoms with Gasteiger partial charge >= 0.3 is 15.4 Å². The summed E-state index contributed by atoms with van der Waals surface area (Å²) in [6, 6.07) is 36.4. The van der Waals surface area contributed by atoms with E-state index >= 15 is 0 Å². The molecule has 13 heteroatoms. The summed E-state index contributed by atoms with van der Waals surface area (Å²) in [7, 11) is -9.32. The van der Waals surface area contributed by atoms with Gasteiger partial charge in [-0.3, -0.25) is 9.35 Å². The van der Waals surface area contributed by atoms with Gasteiger partial charge in [0.1, 0.15) is 6.61 Å². The first-order valence-electron chi connectivity index (χ1n) is 12.3. The van der Waals surface area contributed by atoms with Gasteiger partial charge in [-0.05, 0) is 72.3 Å². The highest BCUT2D eigenvalue weighted by Crippen LogP contribution is 2.32. The second-order valence-electron chi connectivity index (χ2n) is 8.70. The van der Waals surface area contributed by atoms with E-state index in [0.717, 1.165) is 4.90 Å². The predicted octanol–water partition coefficient (Wildman–Crippen LogP) is 6.42. The Morgan fingerprint density at radius 2 is 1.14 bits per heavy atom. The average Bonchev–Trinajstić information content (AvgIpc) is 2.99. The van der Waals surface area contributed by atoms with Crippen LogP contribution in [0.25, 0.3) is 0 Å². The number of hydrogen-bond donors (Lipinski definition) is 1. The van der Waals surface area contributed by atoms with E-state index in [1.54, 1.807) is 36.4 Å². The summed E-state index contributed by atoms with van der Waals surface area (Å²) < 4.78 is 83.0. The number of hydrogen-bond acceptors (Lipinski definition) is 6. The molecule has 0 aliphatic carbocycles. The van der Waals surface area contributed by atoms with Crippen LogP contribution in [0.4, 0.5) is 8.78 Å². The summed E-state index contributed by atoms with van der Waals surface area (Å²) in [4.78, 5) is 14.4. The van der Waals surface area contributed by atoms with Crippen molar-refractivity contribution in [1.82, 2.24) is 0 Å². The maximum atomic E-state index is 12.9. The molecule has 0 spiro atoms. The molecule has 0 aliphatic heterocycles. The van der Waals surface area contributed by atoms with Gasteiger partial charge < -0.3 is 4.74 Å². The molecular formula is C30H26ClF2O7S3+. The Kier molecular flexibility index (Phi) is 11.8. The Morgan fingerprint density at radius 3 is 1.56 bits per heavy atom. The Hall–Kier alpha value is -3.39. The molecule has 0 saturated heterocycles. The van der Waals surface area contributed by atoms with Gasteiger partial charge in [0.05, 0.1) is 27.3 Å². The van der Waals surface area contributed by atoms with Crippen molar-refractivity contribution < 1.29 is 39.7 Å². The molecule has 7 nitrogen and oxygen atoms in total. The van der Waals surface area contributed by atoms with Crippen molar-refractivity contribution in [3.05, 3.63) is 127 Å². The third kappa shape index (κ3) is 9.30. The standard InChI is InChI=1S/C24H19O2S2.C6H7ClF2O5S/c25-28(26,23-14-8-3-9-15-23)24-18-16-22(17-19-24)27(20-10-4-1-5-11-20)21-12-6-2-7-13-21;1-4(5(7)10)2-14-3-6(8,9)15(11,12)13/h1-19H;1-3H2,(H,11,12,13)/q+1;. The Bertz CT molecular complexity index is 1700. The number of rotatable bonds is 11. The Balaban J connectivity index is 0.000000289. The molecular weight excluding hydrogens is 642 g/mol. The summed E-state index contributed by atoms with van der Waals surface area (Å²) in [5.41, 5.74) is -0.303. The number of sulfone groups is 1. The van der Waals surface area contributed by atoms with Gasteiger partial charge in [-0.15, -0.1) is 0 Å². The van der Waals surface area contributed by atoms with E-state index in [4.69, 9.17) is 16.2 Å². The zero-order valence-electron chi connectivity index (χ0n) is 22.3. The number of carbonyl (C=O) groups excluding carboxylic acids is 1. The molecule has 43 heavy (non-hydrogen) atoms. The normalized spacial score (nSPS) is 11.8. The lowest BCUT2D eigenvalue weighted by molar-refractivity contribution is -0.109. The Morgan fingerprint density at radius 1 is 0.744 bits per heavy atom. The van der Waals surface area contributed by atoms with Gasteiger partial charge in [0.2, 0.25) is 15.1 Å². The van der Waals surface area contributed by atoms with E-state index < -0.39 is 43.7 Å². The second-order valence-corrected chi connectivity index (χ2v) is 14.6. The zero-order chi connectivity index (χ0) is 31.7. The number of ether oxygens (including phenoxy) is 1. The molecule has 4 rings (SSSR count). The van der Waals surface area contributed by atoms with Crippen LogP contribution in [0.5, 0.6) is 0 Å². The van der Waals surface area contributed by atoms with Crippen molar-refractivity contribution in [3.63, 3.8) is 0 Å². The van der Waals surface area contributed by atoms with Crippen molar-refractivity contribution in [2.24, 2.45) is 0 Å². The second kappa shape index (κ2) is 14.9. The first-order chi connectivity index (χ1) is 20.2. The molecule has 4 aromatic carbocycles. The van der Waals surface area contributed by atoms with Gasteiger partial charge in [0, 0.05) is 5.57 Å². The fraction of sp³-hybridized carbons (Fsp3) is 0.100. The molecule has 0 radical (unpaired) electrons. The quantitative estimate of drug-likeness (QED) is 0.0850. The van der Waals surface area contributed by atoms with E-state index in [-0.39, 0.29) is 16.5 Å². The lowest BCUT2D eigenvalue weighted by Crippen LogP contribution is -2.33. The fourth-order valence-corrected chi connectivity index (χ4v) is 7.09. The third-order valence-corrected chi connectivity index (χ3v) is 10.7. The molecule has 0 bridgehead atoms. The van der Waals surface area contributed by atoms with Gasteiger partial charge in [-0.1, -0.05) is 61.2 Å². The minimum atomic E-state index is -5.53. The summed E-state index contributed by atoms with van der Waals surface area (Å²) in [5, 5.41) is -5.41. The molecule has 0 saturated carbocycles. The van der Waals surface area contributed by atoms with Crippen LogP contribution in [-0.4, -0.2) is 45.1 Å². The first-order valence-corrected chi connectivity index (χ1v) is 16.8. The molecule has 4 aromatic rings. The summed E-state index contributed by atoms with van der Waals surface area (Å²) in [5.74, 6) is 0. The van der Waals surface area contributed by atoms with Crippen LogP contribution >= 0.6 is 11.6 Å². The van der Waals surface area contributed by atoms with Crippen molar-refractivity contribution in [1.29, 1.82) is 0 Å². The van der Waals surface area contributed by atoms with Gasteiger partial charge in [0.15, 0.2) is 14.7 Å². The van der Waals surface area contributed by atoms with Crippen molar-refractivity contribution in [2.45, 2.75) is 29.7 Å². The van der Waals surface area contributed by atoms with Gasteiger partial charge in [0.25, 0.3) is 0 Å². The molecule has 0 aliphatic rings. The maximum absolute atomic E-state index is 12.9. The first kappa shape index (κ1) is 34.1. The molecule has 0 atom stereocenters. The fourth-order valence-electron chi connectivity index (χ4n) is 3.44. The average molecular weight is 668 g/mol. The smallest absolute Gasteiger partial charge is 0.369 e. The van der Waals surface area contributed by atoms with Crippen LogP contribution in [-0.2, 0) is 40.4 Å². The van der Waals surface area contributed by atoms with Crippen molar-refractivity contribution in [3.8, 4) is 0 Å². The highest BCUT2D eigenvalue weighted by atomic mass is 35.5. The SMILES string of the molecule is C=C(COCC(F)(F)S(=O)(=O)O)C(=O)Cl.O=S(=O)(c1ccccc1)c1ccc([S+](c2ccccc2)c2ccccc2)cc1. The van der Waals surface area contributed by atoms with E-state index in [1.807, 2.05) is 54.6 Å². The highest BCUT2D eigenvalue weighted by Gasteiger charge is 2.44. The van der Waals surface area contributed by atoms with E-state index in [2.05, 4.69) is 35.6 Å². The summed E-state index contributed by atoms with van der Waals surface area (Å²) in [6.07, 6.45) is 0. The van der Waals surface area contributed by atoms with Crippen LogP contribution < -0.4 is 0 Å². The largest absolute Gasteiger partial charge is 0.392 e. The van der Waals surface area contributed by atoms with Crippen LogP contribution in [0.1, 0.15) is 0 Å². The van der Waals surface area contributed by atoms with E-state index in [9.17, 15) is 30.4 Å². The predicted molar refractivity (Wildman–Crippen MR) is 161 cm³/mol. The van der Waals surface area contributed by atoms with Crippen LogP contribution in [0.3, 0.4) is 0 Å². The molecule has 1 N–H and O–H groups in total. The lowest BCUT2D eigenvalue weighted by atomic mass is 10.3. The molecule has 0 heterocycles. The van der Waals surface area contributed by atoms with Gasteiger partial charge in [-0.2, -0.15) is 17.2 Å². The lowest BCUT2D eigenvalue weighted by Gasteiger charge is -2.12. The molecule has 226 valence electrons. The monoisotopic (exact) mass is 667 g/mol. The third-order valence-electron chi connectivity index (χ3n) is 5.58. The number of carbonyl (C=O) groups is 1. The molecule has 0 fully saturated rings. The van der Waals surface area contributed by atoms with Crippen LogP contribution in [0.15, 0.2) is 152 Å². The maximum Gasteiger partial charge on any atom is 0.392 e. The minimum absolute atomic E-state index is 0.289. The van der Waals surface area contributed by atoms with Crippen molar-refractivity contribution in [2.75, 3.05) is 13.2 Å². The Labute approximate surface area is 256 Å². The van der Waals surface area contributed by atoms with Crippen molar-refractivity contribution >= 4 is 47.7 Å². The molecule has 0 amide bonds. The summed E-state index contributed by atoms with van der Waals surface area (Å²) in [6.45, 7) is 0.839. The summed E-state index contributed by atoms with van der Waals surface area (Å²) >= 11 is 4.89. The zero-order valence-corrected chi connectivity index (χ0v) is 25.6. The number of benzene rings is 4. The molecule has 0 unspecified atom stereocenters. The molecule has 0 aromatic heterocycles. The number of halogens is 3. The highest BCUT2D eigenvalue weighted by molar-refractivity contribution is 7.97. The van der Waals surface area contributed by atoms with Crippen LogP contribution in [0.2, 0.25) is 0 Å². The van der Waals surface area contributed by atoms with E-state index in [1.165, 1.54) is 9.79 Å². The topological polar surface area (TPSA) is 115 Å².